The normalized spacial score (nSPS) is 21.7. The van der Waals surface area contributed by atoms with Gasteiger partial charge in [0.25, 0.3) is 10.1 Å². The lowest BCUT2D eigenvalue weighted by Gasteiger charge is -2.40. The van der Waals surface area contributed by atoms with E-state index in [4.69, 9.17) is 18.9 Å². The molecule has 0 aromatic heterocycles. The van der Waals surface area contributed by atoms with E-state index in [9.17, 15) is 37.9 Å². The van der Waals surface area contributed by atoms with Crippen LogP contribution in [0.25, 0.3) is 0 Å². The molecule has 1 aliphatic rings. The monoisotopic (exact) mass is 748 g/mol. The lowest BCUT2D eigenvalue weighted by atomic mass is 10.00. The zero-order valence-electron chi connectivity index (χ0n) is 31.2. The zero-order valence-corrected chi connectivity index (χ0v) is 32.0. The second kappa shape index (κ2) is 29.6. The van der Waals surface area contributed by atoms with E-state index in [1.54, 1.807) is 0 Å². The standard InChI is InChI=1S/C38H68O12S/c1-3-5-7-9-11-13-15-17-19-21-23-25-27-34(40)49-31(28-47-33(39)26-24-22-20-18-16-14-12-10-8-6-4-2)29-48-38-37(43)36(42)35(41)32(50-38)30-51(44,45)46/h10-13,31-32,35-38,41-43H,3-9,14-30H2,1-2H3,(H,44,45,46)/b12-10+,13-11+/t31-,32-,35-,36?,37?,38+/m1/s1. The Balaban J connectivity index is 2.55. The van der Waals surface area contributed by atoms with Gasteiger partial charge in [-0.3, -0.25) is 14.1 Å². The number of esters is 2. The first kappa shape index (κ1) is 47.2. The highest BCUT2D eigenvalue weighted by molar-refractivity contribution is 7.85. The zero-order chi connectivity index (χ0) is 37.7. The van der Waals surface area contributed by atoms with Crippen LogP contribution in [-0.2, 0) is 38.7 Å². The van der Waals surface area contributed by atoms with E-state index in [0.717, 1.165) is 77.0 Å². The number of hydrogen-bond donors (Lipinski definition) is 4. The van der Waals surface area contributed by atoms with Crippen molar-refractivity contribution in [3.05, 3.63) is 24.3 Å². The van der Waals surface area contributed by atoms with Gasteiger partial charge in [-0.2, -0.15) is 8.42 Å². The van der Waals surface area contributed by atoms with Crippen molar-refractivity contribution in [2.45, 2.75) is 185 Å². The number of rotatable bonds is 31. The number of aliphatic hydroxyl groups excluding tert-OH is 3. The molecule has 0 radical (unpaired) electrons. The predicted molar refractivity (Wildman–Crippen MR) is 196 cm³/mol. The van der Waals surface area contributed by atoms with Gasteiger partial charge in [-0.1, -0.05) is 102 Å². The minimum absolute atomic E-state index is 0.153. The molecule has 1 heterocycles. The molecule has 2 unspecified atom stereocenters. The Morgan fingerprint density at radius 3 is 1.69 bits per heavy atom. The average molecular weight is 749 g/mol. The van der Waals surface area contributed by atoms with Crippen LogP contribution in [0.5, 0.6) is 0 Å². The highest BCUT2D eigenvalue weighted by Gasteiger charge is 2.46. The van der Waals surface area contributed by atoms with Crippen molar-refractivity contribution in [1.82, 2.24) is 0 Å². The Hall–Kier alpha value is -1.87. The van der Waals surface area contributed by atoms with E-state index in [1.165, 1.54) is 32.1 Å². The van der Waals surface area contributed by atoms with E-state index < -0.39 is 71.2 Å². The van der Waals surface area contributed by atoms with Crippen LogP contribution >= 0.6 is 0 Å². The average Bonchev–Trinajstić information content (AvgIpc) is 3.09. The summed E-state index contributed by atoms with van der Waals surface area (Å²) in [5.41, 5.74) is 0. The van der Waals surface area contributed by atoms with Crippen LogP contribution in [-0.4, -0.2) is 96.0 Å². The van der Waals surface area contributed by atoms with Crippen molar-refractivity contribution in [3.8, 4) is 0 Å². The number of carbonyl (C=O) groups excluding carboxylic acids is 2. The first-order valence-corrected chi connectivity index (χ1v) is 21.0. The summed E-state index contributed by atoms with van der Waals surface area (Å²) in [5, 5.41) is 30.7. The van der Waals surface area contributed by atoms with Gasteiger partial charge >= 0.3 is 11.9 Å². The van der Waals surface area contributed by atoms with E-state index in [2.05, 4.69) is 38.2 Å². The summed E-state index contributed by atoms with van der Waals surface area (Å²) in [7, 11) is -4.60. The molecule has 0 bridgehead atoms. The van der Waals surface area contributed by atoms with Crippen molar-refractivity contribution in [3.63, 3.8) is 0 Å². The predicted octanol–water partition coefficient (Wildman–Crippen LogP) is 6.50. The Morgan fingerprint density at radius 1 is 0.647 bits per heavy atom. The smallest absolute Gasteiger partial charge is 0.306 e. The third-order valence-corrected chi connectivity index (χ3v) is 9.50. The molecule has 0 aromatic carbocycles. The fourth-order valence-corrected chi connectivity index (χ4v) is 6.34. The Labute approximate surface area is 307 Å². The molecular formula is C38H68O12S. The van der Waals surface area contributed by atoms with Gasteiger partial charge in [0, 0.05) is 12.8 Å². The molecule has 6 atom stereocenters. The number of hydrogen-bond acceptors (Lipinski definition) is 11. The van der Waals surface area contributed by atoms with Gasteiger partial charge < -0.3 is 34.3 Å². The molecule has 51 heavy (non-hydrogen) atoms. The maximum Gasteiger partial charge on any atom is 0.306 e. The fraction of sp³-hybridized carbons (Fsp3) is 0.842. The molecule has 1 fully saturated rings. The minimum Gasteiger partial charge on any atom is -0.462 e. The maximum atomic E-state index is 12.7. The summed E-state index contributed by atoms with van der Waals surface area (Å²) in [6.07, 6.45) is 19.6. The van der Waals surface area contributed by atoms with Crippen LogP contribution in [0.3, 0.4) is 0 Å². The lowest BCUT2D eigenvalue weighted by Crippen LogP contribution is -2.60. The van der Waals surface area contributed by atoms with E-state index in [1.807, 2.05) is 0 Å². The number of carbonyl (C=O) groups is 2. The molecule has 1 rings (SSSR count). The Bertz CT molecular complexity index is 1060. The number of aliphatic hydroxyl groups is 3. The summed E-state index contributed by atoms with van der Waals surface area (Å²) < 4.78 is 53.7. The molecule has 0 saturated carbocycles. The van der Waals surface area contributed by atoms with E-state index in [-0.39, 0.29) is 19.4 Å². The number of unbranched alkanes of at least 4 members (excludes halogenated alkanes) is 15. The molecule has 0 amide bonds. The quantitative estimate of drug-likeness (QED) is 0.0262. The summed E-state index contributed by atoms with van der Waals surface area (Å²) in [5.74, 6) is -2.01. The van der Waals surface area contributed by atoms with Crippen molar-refractivity contribution >= 4 is 22.1 Å². The van der Waals surface area contributed by atoms with Crippen molar-refractivity contribution in [2.24, 2.45) is 0 Å². The van der Waals surface area contributed by atoms with Crippen LogP contribution in [0.15, 0.2) is 24.3 Å². The topological polar surface area (TPSA) is 186 Å². The fourth-order valence-electron chi connectivity index (χ4n) is 5.65. The largest absolute Gasteiger partial charge is 0.462 e. The highest BCUT2D eigenvalue weighted by atomic mass is 32.2. The third kappa shape index (κ3) is 24.9. The van der Waals surface area contributed by atoms with Gasteiger partial charge in [0.2, 0.25) is 0 Å². The summed E-state index contributed by atoms with van der Waals surface area (Å²) in [6.45, 7) is 3.64. The van der Waals surface area contributed by atoms with Gasteiger partial charge in [-0.15, -0.1) is 0 Å². The molecule has 1 aliphatic heterocycles. The summed E-state index contributed by atoms with van der Waals surface area (Å²) in [4.78, 5) is 25.2. The first-order valence-electron chi connectivity index (χ1n) is 19.4. The van der Waals surface area contributed by atoms with E-state index >= 15 is 0 Å². The van der Waals surface area contributed by atoms with Crippen LogP contribution in [0.4, 0.5) is 0 Å². The SMILES string of the molecule is CCCC/C=C/CCCCCCCC(=O)OC[C@H](CO[C@H]1O[C@H](CS(=O)(=O)O)[C@@H](O)C(O)C1O)OC(=O)CCCCCCC/C=C/CCCCC. The van der Waals surface area contributed by atoms with Crippen molar-refractivity contribution in [1.29, 1.82) is 0 Å². The third-order valence-electron chi connectivity index (χ3n) is 8.75. The number of ether oxygens (including phenoxy) is 4. The molecule has 1 saturated heterocycles. The van der Waals surface area contributed by atoms with Crippen LogP contribution in [0, 0.1) is 0 Å². The number of allylic oxidation sites excluding steroid dienone is 4. The molecule has 4 N–H and O–H groups in total. The van der Waals surface area contributed by atoms with Gasteiger partial charge in [0.1, 0.15) is 36.8 Å². The molecule has 12 nitrogen and oxygen atoms in total. The maximum absolute atomic E-state index is 12.7. The van der Waals surface area contributed by atoms with Gasteiger partial charge in [0.15, 0.2) is 12.4 Å². The van der Waals surface area contributed by atoms with Crippen LogP contribution < -0.4 is 0 Å². The highest BCUT2D eigenvalue weighted by Crippen LogP contribution is 2.24. The van der Waals surface area contributed by atoms with Crippen molar-refractivity contribution < 1.29 is 56.8 Å². The lowest BCUT2D eigenvalue weighted by molar-refractivity contribution is -0.297. The van der Waals surface area contributed by atoms with Gasteiger partial charge in [-0.05, 0) is 57.8 Å². The van der Waals surface area contributed by atoms with Gasteiger partial charge in [0.05, 0.1) is 6.61 Å². The van der Waals surface area contributed by atoms with Crippen LogP contribution in [0.2, 0.25) is 0 Å². The van der Waals surface area contributed by atoms with Gasteiger partial charge in [-0.25, -0.2) is 0 Å². The first-order chi connectivity index (χ1) is 24.5. The summed E-state index contributed by atoms with van der Waals surface area (Å²) in [6, 6.07) is 0. The van der Waals surface area contributed by atoms with E-state index in [0.29, 0.717) is 12.8 Å². The molecule has 0 aromatic rings. The van der Waals surface area contributed by atoms with Crippen LogP contribution in [0.1, 0.15) is 149 Å². The molecule has 0 spiro atoms. The molecule has 13 heteroatoms. The Morgan fingerprint density at radius 2 is 1.14 bits per heavy atom. The van der Waals surface area contributed by atoms with Crippen molar-refractivity contribution in [2.75, 3.05) is 19.0 Å². The second-order valence-electron chi connectivity index (χ2n) is 13.6. The molecule has 0 aliphatic carbocycles. The summed E-state index contributed by atoms with van der Waals surface area (Å²) >= 11 is 0. The molecule has 298 valence electrons. The second-order valence-corrected chi connectivity index (χ2v) is 15.1. The Kier molecular flexibility index (Phi) is 27.3. The molecular weight excluding hydrogens is 680 g/mol. The minimum atomic E-state index is -4.60.